The molecule has 0 fully saturated rings. The van der Waals surface area contributed by atoms with Crippen LogP contribution in [0.2, 0.25) is 0 Å². The number of anilines is 2. The summed E-state index contributed by atoms with van der Waals surface area (Å²) in [6.45, 7) is 3.13. The zero-order valence-electron chi connectivity index (χ0n) is 11.4. The largest absolute Gasteiger partial charge is 0.360 e. The number of carbonyl (C=O) groups excluding carboxylic acids is 2. The molecule has 110 valence electrons. The van der Waals surface area contributed by atoms with E-state index in [1.807, 2.05) is 0 Å². The van der Waals surface area contributed by atoms with E-state index in [4.69, 9.17) is 4.52 Å². The minimum Gasteiger partial charge on any atom is -0.360 e. The lowest BCUT2D eigenvalue weighted by atomic mass is 10.5. The zero-order valence-corrected chi connectivity index (χ0v) is 12.2. The Kier molecular flexibility index (Phi) is 4.88. The Morgan fingerprint density at radius 1 is 1.24 bits per heavy atom. The van der Waals surface area contributed by atoms with E-state index in [1.54, 1.807) is 25.1 Å². The zero-order chi connectivity index (χ0) is 15.2. The van der Waals surface area contributed by atoms with Crippen molar-refractivity contribution in [3.63, 3.8) is 0 Å². The first-order valence-corrected chi connectivity index (χ1v) is 6.99. The number of amides is 2. The fourth-order valence-electron chi connectivity index (χ4n) is 1.39. The molecule has 2 aromatic heterocycles. The highest BCUT2D eigenvalue weighted by Crippen LogP contribution is 2.16. The maximum absolute atomic E-state index is 11.7. The van der Waals surface area contributed by atoms with E-state index in [2.05, 4.69) is 26.0 Å². The summed E-state index contributed by atoms with van der Waals surface area (Å²) in [5, 5.41) is 17.1. The van der Waals surface area contributed by atoms with Crippen LogP contribution in [0.3, 0.4) is 0 Å². The molecule has 2 aromatic rings. The maximum Gasteiger partial charge on any atom is 0.236 e. The Labute approximate surface area is 124 Å². The van der Waals surface area contributed by atoms with Crippen molar-refractivity contribution in [1.82, 2.24) is 15.4 Å². The predicted molar refractivity (Wildman–Crippen MR) is 76.9 cm³/mol. The second kappa shape index (κ2) is 6.84. The summed E-state index contributed by atoms with van der Waals surface area (Å²) in [6.07, 6.45) is 0. The molecule has 0 radical (unpaired) electrons. The molecule has 0 spiro atoms. The second-order valence-electron chi connectivity index (χ2n) is 4.10. The smallest absolute Gasteiger partial charge is 0.236 e. The first-order chi connectivity index (χ1) is 10.0. The summed E-state index contributed by atoms with van der Waals surface area (Å²) in [4.78, 5) is 22.5. The van der Waals surface area contributed by atoms with Crippen LogP contribution in [0, 0.1) is 6.92 Å². The molecule has 2 heterocycles. The van der Waals surface area contributed by atoms with E-state index in [9.17, 15) is 9.59 Å². The first-order valence-electron chi connectivity index (χ1n) is 6.00. The van der Waals surface area contributed by atoms with Gasteiger partial charge in [-0.3, -0.25) is 9.59 Å². The third-order valence-electron chi connectivity index (χ3n) is 2.19. The summed E-state index contributed by atoms with van der Waals surface area (Å²) in [5.41, 5.74) is 0. The van der Waals surface area contributed by atoms with Gasteiger partial charge in [-0.25, -0.2) is 0 Å². The molecule has 8 nitrogen and oxygen atoms in total. The standard InChI is InChI=1S/C12H13N5O3S/c1-7-5-10(17-20-7)14-11(19)6-21-12-4-3-9(15-16-12)13-8(2)18/h3-5H,6H2,1-2H3,(H,13,15,18)(H,14,17,19). The van der Waals surface area contributed by atoms with Gasteiger partial charge < -0.3 is 15.2 Å². The Balaban J connectivity index is 1.82. The van der Waals surface area contributed by atoms with Crippen LogP contribution in [0.4, 0.5) is 11.6 Å². The number of aromatic nitrogens is 3. The Bertz CT molecular complexity index is 641. The molecular formula is C12H13N5O3S. The molecule has 2 N–H and O–H groups in total. The van der Waals surface area contributed by atoms with Crippen LogP contribution in [0.1, 0.15) is 12.7 Å². The SMILES string of the molecule is CC(=O)Nc1ccc(SCC(=O)Nc2cc(C)on2)nn1. The average Bonchev–Trinajstić information content (AvgIpc) is 2.83. The van der Waals surface area contributed by atoms with Crippen molar-refractivity contribution >= 4 is 35.2 Å². The highest BCUT2D eigenvalue weighted by Gasteiger charge is 2.08. The van der Waals surface area contributed by atoms with Gasteiger partial charge in [0.25, 0.3) is 0 Å². The summed E-state index contributed by atoms with van der Waals surface area (Å²) < 4.78 is 4.84. The molecule has 0 saturated heterocycles. The number of hydrogen-bond acceptors (Lipinski definition) is 7. The van der Waals surface area contributed by atoms with Gasteiger partial charge in [-0.2, -0.15) is 0 Å². The van der Waals surface area contributed by atoms with Crippen LogP contribution in [0.25, 0.3) is 0 Å². The second-order valence-corrected chi connectivity index (χ2v) is 5.09. The van der Waals surface area contributed by atoms with Gasteiger partial charge in [0.05, 0.1) is 5.75 Å². The van der Waals surface area contributed by atoms with Crippen molar-refractivity contribution in [3.05, 3.63) is 24.0 Å². The third-order valence-corrected chi connectivity index (χ3v) is 3.11. The molecule has 0 unspecified atom stereocenters. The molecule has 0 aliphatic rings. The number of aryl methyl sites for hydroxylation is 1. The van der Waals surface area contributed by atoms with Gasteiger partial charge in [-0.15, -0.1) is 10.2 Å². The van der Waals surface area contributed by atoms with Gasteiger partial charge in [0.2, 0.25) is 11.8 Å². The van der Waals surface area contributed by atoms with Crippen LogP contribution >= 0.6 is 11.8 Å². The summed E-state index contributed by atoms with van der Waals surface area (Å²) in [7, 11) is 0. The van der Waals surface area contributed by atoms with E-state index >= 15 is 0 Å². The predicted octanol–water partition coefficient (Wildman–Crippen LogP) is 1.46. The highest BCUT2D eigenvalue weighted by atomic mass is 32.2. The molecule has 9 heteroatoms. The maximum atomic E-state index is 11.7. The average molecular weight is 307 g/mol. The lowest BCUT2D eigenvalue weighted by Gasteiger charge is -2.02. The number of nitrogens with zero attached hydrogens (tertiary/aromatic N) is 3. The molecule has 0 aliphatic heterocycles. The number of thioether (sulfide) groups is 1. The van der Waals surface area contributed by atoms with Crippen molar-refractivity contribution in [2.75, 3.05) is 16.4 Å². The quantitative estimate of drug-likeness (QED) is 0.804. The van der Waals surface area contributed by atoms with Crippen LogP contribution in [0.15, 0.2) is 27.7 Å². The molecule has 0 atom stereocenters. The highest BCUT2D eigenvalue weighted by molar-refractivity contribution is 7.99. The topological polar surface area (TPSA) is 110 Å². The fraction of sp³-hybridized carbons (Fsp3) is 0.250. The Hall–Kier alpha value is -2.42. The first kappa shape index (κ1) is 15.0. The van der Waals surface area contributed by atoms with Gasteiger partial charge in [-0.1, -0.05) is 16.9 Å². The van der Waals surface area contributed by atoms with E-state index in [1.165, 1.54) is 18.7 Å². The number of rotatable bonds is 5. The van der Waals surface area contributed by atoms with Crippen molar-refractivity contribution in [2.24, 2.45) is 0 Å². The van der Waals surface area contributed by atoms with E-state index in [0.29, 0.717) is 22.4 Å². The molecule has 2 rings (SSSR count). The number of carbonyl (C=O) groups is 2. The van der Waals surface area contributed by atoms with E-state index in [0.717, 1.165) is 0 Å². The Morgan fingerprint density at radius 3 is 2.62 bits per heavy atom. The number of hydrogen-bond donors (Lipinski definition) is 2. The van der Waals surface area contributed by atoms with Gasteiger partial charge in [0, 0.05) is 13.0 Å². The van der Waals surface area contributed by atoms with E-state index in [-0.39, 0.29) is 17.6 Å². The van der Waals surface area contributed by atoms with Crippen molar-refractivity contribution in [3.8, 4) is 0 Å². The lowest BCUT2D eigenvalue weighted by Crippen LogP contribution is -2.14. The fourth-order valence-corrected chi connectivity index (χ4v) is 2.00. The molecule has 0 aromatic carbocycles. The van der Waals surface area contributed by atoms with Crippen molar-refractivity contribution in [1.29, 1.82) is 0 Å². The minimum atomic E-state index is -0.221. The van der Waals surface area contributed by atoms with Crippen molar-refractivity contribution in [2.45, 2.75) is 18.9 Å². The van der Waals surface area contributed by atoms with Crippen LogP contribution in [-0.4, -0.2) is 32.9 Å². The summed E-state index contributed by atoms with van der Waals surface area (Å²) >= 11 is 1.23. The molecule has 0 aliphatic carbocycles. The van der Waals surface area contributed by atoms with Gasteiger partial charge in [-0.05, 0) is 19.1 Å². The summed E-state index contributed by atoms with van der Waals surface area (Å²) in [5.74, 6) is 1.10. The third kappa shape index (κ3) is 4.88. The van der Waals surface area contributed by atoms with Gasteiger partial charge >= 0.3 is 0 Å². The minimum absolute atomic E-state index is 0.167. The van der Waals surface area contributed by atoms with Crippen LogP contribution in [-0.2, 0) is 9.59 Å². The lowest BCUT2D eigenvalue weighted by molar-refractivity contribution is -0.114. The molecule has 0 saturated carbocycles. The summed E-state index contributed by atoms with van der Waals surface area (Å²) in [6, 6.07) is 4.93. The van der Waals surface area contributed by atoms with Gasteiger partial charge in [0.1, 0.15) is 10.8 Å². The molecular weight excluding hydrogens is 294 g/mol. The molecule has 21 heavy (non-hydrogen) atoms. The van der Waals surface area contributed by atoms with Crippen LogP contribution in [0.5, 0.6) is 0 Å². The van der Waals surface area contributed by atoms with E-state index < -0.39 is 0 Å². The molecule has 2 amide bonds. The monoisotopic (exact) mass is 307 g/mol. The van der Waals surface area contributed by atoms with Crippen LogP contribution < -0.4 is 10.6 Å². The Morgan fingerprint density at radius 2 is 2.05 bits per heavy atom. The number of nitrogens with one attached hydrogen (secondary N) is 2. The normalized spacial score (nSPS) is 10.2. The molecule has 0 bridgehead atoms. The van der Waals surface area contributed by atoms with Crippen molar-refractivity contribution < 1.29 is 14.1 Å². The van der Waals surface area contributed by atoms with Gasteiger partial charge in [0.15, 0.2) is 11.6 Å².